The van der Waals surface area contributed by atoms with E-state index in [-0.39, 0.29) is 5.75 Å². The van der Waals surface area contributed by atoms with Crippen LogP contribution in [0, 0.1) is 0 Å². The minimum atomic E-state index is 0.284. The normalized spacial score (nSPS) is 16.0. The Labute approximate surface area is 146 Å². The average molecular weight is 339 g/mol. The number of hydrogen-bond donors (Lipinski definition) is 1. The van der Waals surface area contributed by atoms with Gasteiger partial charge >= 0.3 is 0 Å². The fourth-order valence-corrected chi connectivity index (χ4v) is 4.06. The molecule has 24 heavy (non-hydrogen) atoms. The van der Waals surface area contributed by atoms with Crippen molar-refractivity contribution in [3.63, 3.8) is 0 Å². The Kier molecular flexibility index (Phi) is 4.12. The second-order valence-corrected chi connectivity index (χ2v) is 7.08. The van der Waals surface area contributed by atoms with E-state index in [1.807, 2.05) is 12.1 Å². The fraction of sp³-hybridized carbons (Fsp3) is 0.316. The molecule has 4 rings (SSSR count). The lowest BCUT2D eigenvalue weighted by Crippen LogP contribution is -2.46. The Balaban J connectivity index is 1.74. The number of nitrogens with zero attached hydrogens (tertiary/aromatic N) is 3. The molecule has 2 aromatic heterocycles. The van der Waals surface area contributed by atoms with Crippen LogP contribution in [0.5, 0.6) is 5.75 Å². The van der Waals surface area contributed by atoms with E-state index in [0.29, 0.717) is 0 Å². The summed E-state index contributed by atoms with van der Waals surface area (Å²) in [5, 5.41) is 12.9. The van der Waals surface area contributed by atoms with Crippen molar-refractivity contribution in [1.29, 1.82) is 0 Å². The first-order valence-corrected chi connectivity index (χ1v) is 9.27. The van der Waals surface area contributed by atoms with Gasteiger partial charge in [0, 0.05) is 41.8 Å². The van der Waals surface area contributed by atoms with Gasteiger partial charge in [-0.15, -0.1) is 11.3 Å². The minimum absolute atomic E-state index is 0.284. The third-order valence-corrected chi connectivity index (χ3v) is 5.58. The zero-order chi connectivity index (χ0) is 16.5. The SMILES string of the molecule is CCN1CCN(c2nc(-c3ccc(O)cc3)cc3sccc23)CC1. The summed E-state index contributed by atoms with van der Waals surface area (Å²) in [6.07, 6.45) is 0. The number of piperazine rings is 1. The van der Waals surface area contributed by atoms with Crippen molar-refractivity contribution in [3.05, 3.63) is 41.8 Å². The highest BCUT2D eigenvalue weighted by atomic mass is 32.1. The number of phenols is 1. The van der Waals surface area contributed by atoms with Crippen LogP contribution in [0.2, 0.25) is 0 Å². The Morgan fingerprint density at radius 2 is 1.83 bits per heavy atom. The molecule has 3 heterocycles. The number of anilines is 1. The van der Waals surface area contributed by atoms with Crippen LogP contribution in [-0.2, 0) is 0 Å². The summed E-state index contributed by atoms with van der Waals surface area (Å²) in [5.74, 6) is 1.37. The van der Waals surface area contributed by atoms with E-state index < -0.39 is 0 Å². The van der Waals surface area contributed by atoms with Crippen LogP contribution >= 0.6 is 11.3 Å². The van der Waals surface area contributed by atoms with Crippen molar-refractivity contribution in [2.45, 2.75) is 6.92 Å². The van der Waals surface area contributed by atoms with Crippen molar-refractivity contribution in [1.82, 2.24) is 9.88 Å². The molecule has 1 fully saturated rings. The molecule has 124 valence electrons. The first kappa shape index (κ1) is 15.4. The van der Waals surface area contributed by atoms with Gasteiger partial charge < -0.3 is 14.9 Å². The van der Waals surface area contributed by atoms with Gasteiger partial charge in [-0.1, -0.05) is 6.92 Å². The summed E-state index contributed by atoms with van der Waals surface area (Å²) in [4.78, 5) is 9.87. The summed E-state index contributed by atoms with van der Waals surface area (Å²) < 4.78 is 1.26. The molecule has 1 aliphatic rings. The zero-order valence-electron chi connectivity index (χ0n) is 13.8. The van der Waals surface area contributed by atoms with Crippen LogP contribution in [0.25, 0.3) is 21.3 Å². The van der Waals surface area contributed by atoms with E-state index >= 15 is 0 Å². The Bertz CT molecular complexity index is 835. The summed E-state index contributed by atoms with van der Waals surface area (Å²) in [7, 11) is 0. The third-order valence-electron chi connectivity index (χ3n) is 4.71. The number of likely N-dealkylation sites (N-methyl/N-ethyl adjacent to an activating group) is 1. The van der Waals surface area contributed by atoms with E-state index in [1.54, 1.807) is 23.5 Å². The highest BCUT2D eigenvalue weighted by Gasteiger charge is 2.20. The molecule has 1 aromatic carbocycles. The van der Waals surface area contributed by atoms with Crippen LogP contribution in [0.15, 0.2) is 41.8 Å². The largest absolute Gasteiger partial charge is 0.508 e. The average Bonchev–Trinajstić information content (AvgIpc) is 3.10. The van der Waals surface area contributed by atoms with E-state index in [9.17, 15) is 5.11 Å². The van der Waals surface area contributed by atoms with E-state index in [4.69, 9.17) is 4.98 Å². The molecule has 0 atom stereocenters. The van der Waals surface area contributed by atoms with Gasteiger partial charge in [-0.25, -0.2) is 4.98 Å². The second kappa shape index (κ2) is 6.42. The van der Waals surface area contributed by atoms with Gasteiger partial charge in [0.25, 0.3) is 0 Å². The third kappa shape index (κ3) is 2.85. The Morgan fingerprint density at radius 3 is 2.54 bits per heavy atom. The standard InChI is InChI=1S/C19H21N3OS/c1-2-21-8-10-22(11-9-21)19-16-7-12-24-18(16)13-17(20-19)14-3-5-15(23)6-4-14/h3-7,12-13,23H,2,8-11H2,1H3. The van der Waals surface area contributed by atoms with Crippen LogP contribution < -0.4 is 4.90 Å². The summed E-state index contributed by atoms with van der Waals surface area (Å²) in [5.41, 5.74) is 2.01. The van der Waals surface area contributed by atoms with Crippen LogP contribution in [0.1, 0.15) is 6.92 Å². The number of pyridine rings is 1. The number of hydrogen-bond acceptors (Lipinski definition) is 5. The fourth-order valence-electron chi connectivity index (χ4n) is 3.25. The Morgan fingerprint density at radius 1 is 1.08 bits per heavy atom. The minimum Gasteiger partial charge on any atom is -0.508 e. The topological polar surface area (TPSA) is 39.6 Å². The van der Waals surface area contributed by atoms with Gasteiger partial charge in [-0.3, -0.25) is 0 Å². The van der Waals surface area contributed by atoms with Crippen molar-refractivity contribution in [3.8, 4) is 17.0 Å². The lowest BCUT2D eigenvalue weighted by Gasteiger charge is -2.35. The van der Waals surface area contributed by atoms with Crippen molar-refractivity contribution >= 4 is 27.2 Å². The van der Waals surface area contributed by atoms with Gasteiger partial charge in [0.15, 0.2) is 0 Å². The quantitative estimate of drug-likeness (QED) is 0.788. The molecule has 4 nitrogen and oxygen atoms in total. The molecule has 0 saturated carbocycles. The predicted octanol–water partition coefficient (Wildman–Crippen LogP) is 3.81. The molecular weight excluding hydrogens is 318 g/mol. The summed E-state index contributed by atoms with van der Waals surface area (Å²) in [6.45, 7) is 7.55. The van der Waals surface area contributed by atoms with E-state index in [2.05, 4.69) is 34.2 Å². The first-order valence-electron chi connectivity index (χ1n) is 8.39. The maximum absolute atomic E-state index is 9.52. The molecule has 0 unspecified atom stereocenters. The van der Waals surface area contributed by atoms with Crippen molar-refractivity contribution in [2.75, 3.05) is 37.6 Å². The Hall–Kier alpha value is -2.11. The van der Waals surface area contributed by atoms with Gasteiger partial charge in [0.2, 0.25) is 0 Å². The number of aromatic hydroxyl groups is 1. The number of thiophene rings is 1. The van der Waals surface area contributed by atoms with Crippen LogP contribution in [0.3, 0.4) is 0 Å². The van der Waals surface area contributed by atoms with Gasteiger partial charge in [-0.05, 0) is 48.3 Å². The number of fused-ring (bicyclic) bond motifs is 1. The smallest absolute Gasteiger partial charge is 0.138 e. The number of rotatable bonds is 3. The molecule has 1 aliphatic heterocycles. The molecule has 0 bridgehead atoms. The van der Waals surface area contributed by atoms with Gasteiger partial charge in [0.1, 0.15) is 11.6 Å². The molecule has 1 N–H and O–H groups in total. The van der Waals surface area contributed by atoms with E-state index in [1.165, 1.54) is 10.1 Å². The molecule has 0 aliphatic carbocycles. The maximum atomic E-state index is 9.52. The van der Waals surface area contributed by atoms with Crippen molar-refractivity contribution in [2.24, 2.45) is 0 Å². The molecule has 5 heteroatoms. The second-order valence-electron chi connectivity index (χ2n) is 6.13. The van der Waals surface area contributed by atoms with Gasteiger partial charge in [-0.2, -0.15) is 0 Å². The summed E-state index contributed by atoms with van der Waals surface area (Å²) >= 11 is 1.76. The summed E-state index contributed by atoms with van der Waals surface area (Å²) in [6, 6.07) is 11.6. The maximum Gasteiger partial charge on any atom is 0.138 e. The molecular formula is C19H21N3OS. The highest BCUT2D eigenvalue weighted by Crippen LogP contribution is 2.34. The molecule has 1 saturated heterocycles. The lowest BCUT2D eigenvalue weighted by atomic mass is 10.1. The highest BCUT2D eigenvalue weighted by molar-refractivity contribution is 7.17. The van der Waals surface area contributed by atoms with Crippen molar-refractivity contribution < 1.29 is 5.11 Å². The number of phenolic OH excluding ortho intramolecular Hbond substituents is 1. The lowest BCUT2D eigenvalue weighted by molar-refractivity contribution is 0.271. The monoisotopic (exact) mass is 339 g/mol. The first-order chi connectivity index (χ1) is 11.7. The molecule has 3 aromatic rings. The number of aromatic nitrogens is 1. The zero-order valence-corrected chi connectivity index (χ0v) is 14.6. The number of benzene rings is 1. The molecule has 0 radical (unpaired) electrons. The van der Waals surface area contributed by atoms with E-state index in [0.717, 1.165) is 49.8 Å². The van der Waals surface area contributed by atoms with Crippen LogP contribution in [0.4, 0.5) is 5.82 Å². The van der Waals surface area contributed by atoms with Crippen LogP contribution in [-0.4, -0.2) is 47.7 Å². The van der Waals surface area contributed by atoms with Gasteiger partial charge in [0.05, 0.1) is 5.69 Å². The molecule has 0 amide bonds. The predicted molar refractivity (Wildman–Crippen MR) is 101 cm³/mol. The molecule has 0 spiro atoms.